The maximum Gasteiger partial charge on any atom is 0.413 e. The fraction of sp³-hybridized carbons (Fsp3) is 0.333. The maximum absolute atomic E-state index is 14.1. The van der Waals surface area contributed by atoms with Gasteiger partial charge in [0.15, 0.2) is 5.75 Å². The molecule has 0 saturated carbocycles. The molecule has 0 aromatic heterocycles. The lowest BCUT2D eigenvalue weighted by molar-refractivity contribution is -0.222. The summed E-state index contributed by atoms with van der Waals surface area (Å²) in [6.45, 7) is 0.462. The van der Waals surface area contributed by atoms with E-state index in [4.69, 9.17) is 21.4 Å². The number of nitrogens with zero attached hydrogens (tertiary/aromatic N) is 1. The van der Waals surface area contributed by atoms with Crippen molar-refractivity contribution < 1.29 is 37.0 Å². The topological polar surface area (TPSA) is 78.9 Å². The van der Waals surface area contributed by atoms with Gasteiger partial charge in [0.25, 0.3) is 5.91 Å². The van der Waals surface area contributed by atoms with Crippen LogP contribution in [0.2, 0.25) is 5.02 Å². The van der Waals surface area contributed by atoms with E-state index in [1.165, 1.54) is 0 Å². The summed E-state index contributed by atoms with van der Waals surface area (Å²) in [6.07, 6.45) is 0.641. The summed E-state index contributed by atoms with van der Waals surface area (Å²) in [5, 5.41) is 10.8. The van der Waals surface area contributed by atoms with Crippen molar-refractivity contribution in [1.29, 1.82) is 0 Å². The van der Waals surface area contributed by atoms with Gasteiger partial charge in [-0.05, 0) is 37.1 Å². The number of piperidine rings is 1. The highest BCUT2D eigenvalue weighted by atomic mass is 35.5. The normalized spacial score (nSPS) is 20.2. The Labute approximate surface area is 184 Å². The summed E-state index contributed by atoms with van der Waals surface area (Å²) >= 11 is 6.14. The van der Waals surface area contributed by atoms with Crippen LogP contribution in [0.4, 0.5) is 23.2 Å². The summed E-state index contributed by atoms with van der Waals surface area (Å²) in [6, 6.07) is 9.91. The fourth-order valence-electron chi connectivity index (χ4n) is 4.08. The van der Waals surface area contributed by atoms with Crippen molar-refractivity contribution in [3.8, 4) is 11.5 Å². The SMILES string of the molecule is O=C(O)C(F)(F)C(F)(F)C(=O)N[C@H]1CCCN2c3cc(Cl)ccc3Oc3ccccc3[C@@H]12. The number of ether oxygens (including phenoxy) is 1. The van der Waals surface area contributed by atoms with Gasteiger partial charge >= 0.3 is 17.8 Å². The Morgan fingerprint density at radius 1 is 1.09 bits per heavy atom. The summed E-state index contributed by atoms with van der Waals surface area (Å²) < 4.78 is 61.3. The van der Waals surface area contributed by atoms with E-state index in [1.807, 2.05) is 10.2 Å². The molecule has 1 saturated heterocycles. The third-order valence-corrected chi connectivity index (χ3v) is 5.82. The van der Waals surface area contributed by atoms with E-state index in [1.54, 1.807) is 42.5 Å². The predicted molar refractivity (Wildman–Crippen MR) is 107 cm³/mol. The quantitative estimate of drug-likeness (QED) is 0.634. The average molecular weight is 473 g/mol. The molecule has 2 atom stereocenters. The second-order valence-electron chi connectivity index (χ2n) is 7.57. The van der Waals surface area contributed by atoms with Gasteiger partial charge in [0.1, 0.15) is 5.75 Å². The van der Waals surface area contributed by atoms with Crippen LogP contribution in [-0.4, -0.2) is 41.4 Å². The number of carbonyl (C=O) groups is 2. The molecule has 0 bridgehead atoms. The minimum Gasteiger partial charge on any atom is -0.477 e. The van der Waals surface area contributed by atoms with Crippen molar-refractivity contribution in [2.24, 2.45) is 0 Å². The number of carboxylic acids is 1. The van der Waals surface area contributed by atoms with Gasteiger partial charge in [-0.25, -0.2) is 4.79 Å². The number of benzene rings is 2. The Kier molecular flexibility index (Phi) is 5.44. The van der Waals surface area contributed by atoms with Gasteiger partial charge in [-0.1, -0.05) is 29.8 Å². The Morgan fingerprint density at radius 3 is 2.53 bits per heavy atom. The van der Waals surface area contributed by atoms with E-state index in [2.05, 4.69) is 0 Å². The van der Waals surface area contributed by atoms with E-state index in [-0.39, 0.29) is 6.42 Å². The number of alkyl halides is 4. The molecule has 2 aromatic rings. The number of hydrogen-bond acceptors (Lipinski definition) is 4. The van der Waals surface area contributed by atoms with E-state index in [0.717, 1.165) is 0 Å². The van der Waals surface area contributed by atoms with Crippen LogP contribution in [0.3, 0.4) is 0 Å². The van der Waals surface area contributed by atoms with Gasteiger partial charge in [-0.2, -0.15) is 17.6 Å². The molecule has 2 N–H and O–H groups in total. The maximum atomic E-state index is 14.1. The minimum absolute atomic E-state index is 0.200. The molecule has 0 aliphatic carbocycles. The van der Waals surface area contributed by atoms with E-state index in [0.29, 0.717) is 40.7 Å². The second-order valence-corrected chi connectivity index (χ2v) is 8.00. The molecule has 32 heavy (non-hydrogen) atoms. The predicted octanol–water partition coefficient (Wildman–Crippen LogP) is 4.63. The zero-order chi connectivity index (χ0) is 23.3. The Morgan fingerprint density at radius 2 is 1.81 bits per heavy atom. The van der Waals surface area contributed by atoms with Gasteiger partial charge in [-0.3, -0.25) is 4.79 Å². The van der Waals surface area contributed by atoms with E-state index < -0.39 is 35.8 Å². The first-order chi connectivity index (χ1) is 15.0. The zero-order valence-corrected chi connectivity index (χ0v) is 17.1. The molecule has 170 valence electrons. The monoisotopic (exact) mass is 472 g/mol. The molecule has 1 amide bonds. The molecule has 0 radical (unpaired) electrons. The highest BCUT2D eigenvalue weighted by Crippen LogP contribution is 2.48. The van der Waals surface area contributed by atoms with Crippen molar-refractivity contribution in [2.75, 3.05) is 11.4 Å². The lowest BCUT2D eigenvalue weighted by Crippen LogP contribution is -2.60. The number of nitrogens with one attached hydrogen (secondary N) is 1. The number of halogens is 5. The van der Waals surface area contributed by atoms with Crippen LogP contribution in [-0.2, 0) is 9.59 Å². The van der Waals surface area contributed by atoms with Crippen LogP contribution in [0.25, 0.3) is 0 Å². The molecule has 2 aromatic carbocycles. The van der Waals surface area contributed by atoms with Crippen molar-refractivity contribution in [2.45, 2.75) is 36.8 Å². The first kappa shape index (κ1) is 22.2. The van der Waals surface area contributed by atoms with Crippen LogP contribution in [0.15, 0.2) is 42.5 Å². The molecular formula is C21H17ClF4N2O4. The largest absolute Gasteiger partial charge is 0.477 e. The summed E-state index contributed by atoms with van der Waals surface area (Å²) in [5.41, 5.74) is 1.11. The van der Waals surface area contributed by atoms with Gasteiger partial charge in [0.2, 0.25) is 0 Å². The van der Waals surface area contributed by atoms with E-state index >= 15 is 0 Å². The van der Waals surface area contributed by atoms with Crippen LogP contribution < -0.4 is 15.0 Å². The van der Waals surface area contributed by atoms with Crippen LogP contribution in [0, 0.1) is 0 Å². The number of hydrogen-bond donors (Lipinski definition) is 2. The third kappa shape index (κ3) is 3.52. The number of carboxylic acid groups (broad SMARTS) is 1. The minimum atomic E-state index is -5.56. The van der Waals surface area contributed by atoms with Crippen LogP contribution >= 0.6 is 11.6 Å². The van der Waals surface area contributed by atoms with E-state index in [9.17, 15) is 27.2 Å². The molecule has 1 fully saturated rings. The summed E-state index contributed by atoms with van der Waals surface area (Å²) in [4.78, 5) is 24.6. The molecule has 6 nitrogen and oxygen atoms in total. The standard InChI is InChI=1S/C21H17ClF4N2O4/c22-11-7-8-16-14(10-11)28-9-3-5-13(17(28)12-4-1-2-6-15(12)32-16)27-18(29)20(23,24)21(25,26)19(30)31/h1-2,4,6-8,10,13,17H,3,5,9H2,(H,27,29)(H,30,31)/t13-,17-/m0/s1. The molecule has 0 spiro atoms. The average Bonchev–Trinajstić information content (AvgIpc) is 2.88. The van der Waals surface area contributed by atoms with Crippen molar-refractivity contribution in [1.82, 2.24) is 5.32 Å². The number of aliphatic carboxylic acids is 1. The van der Waals surface area contributed by atoms with Gasteiger partial charge in [-0.15, -0.1) is 0 Å². The molecule has 4 rings (SSSR count). The summed E-state index contributed by atoms with van der Waals surface area (Å²) in [7, 11) is 0. The van der Waals surface area contributed by atoms with Crippen molar-refractivity contribution >= 4 is 29.2 Å². The second kappa shape index (κ2) is 7.84. The smallest absolute Gasteiger partial charge is 0.413 e. The number of anilines is 1. The fourth-order valence-corrected chi connectivity index (χ4v) is 4.24. The Bertz CT molecular complexity index is 1080. The Balaban J connectivity index is 1.75. The molecule has 2 heterocycles. The molecular weight excluding hydrogens is 456 g/mol. The first-order valence-electron chi connectivity index (χ1n) is 9.67. The molecule has 11 heteroatoms. The number of rotatable bonds is 4. The van der Waals surface area contributed by atoms with Crippen LogP contribution in [0.5, 0.6) is 11.5 Å². The molecule has 0 unspecified atom stereocenters. The van der Waals surface area contributed by atoms with Crippen molar-refractivity contribution in [3.63, 3.8) is 0 Å². The zero-order valence-electron chi connectivity index (χ0n) is 16.3. The Hall–Kier alpha value is -3.01. The molecule has 2 aliphatic rings. The number of amides is 1. The number of para-hydroxylation sites is 1. The van der Waals surface area contributed by atoms with Gasteiger partial charge < -0.3 is 20.1 Å². The van der Waals surface area contributed by atoms with Gasteiger partial charge in [0, 0.05) is 17.1 Å². The lowest BCUT2D eigenvalue weighted by atomic mass is 9.89. The first-order valence-corrected chi connectivity index (χ1v) is 10.0. The van der Waals surface area contributed by atoms with Gasteiger partial charge in [0.05, 0.1) is 17.8 Å². The van der Waals surface area contributed by atoms with Crippen LogP contribution in [0.1, 0.15) is 24.4 Å². The number of carbonyl (C=O) groups excluding carboxylic acids is 1. The van der Waals surface area contributed by atoms with Crippen molar-refractivity contribution in [3.05, 3.63) is 53.1 Å². The third-order valence-electron chi connectivity index (χ3n) is 5.58. The summed E-state index contributed by atoms with van der Waals surface area (Å²) in [5.74, 6) is -15.6. The highest BCUT2D eigenvalue weighted by Gasteiger charge is 2.67. The number of fused-ring (bicyclic) bond motifs is 5. The molecule has 2 aliphatic heterocycles. The highest BCUT2D eigenvalue weighted by molar-refractivity contribution is 6.31. The lowest BCUT2D eigenvalue weighted by Gasteiger charge is -2.42.